The Labute approximate surface area is 137 Å². The number of esters is 1. The molecule has 124 valence electrons. The molecule has 1 N–H and O–H groups in total. The van der Waals surface area contributed by atoms with Crippen molar-refractivity contribution in [3.8, 4) is 0 Å². The molecule has 9 heteroatoms. The highest BCUT2D eigenvalue weighted by molar-refractivity contribution is 7.93. The van der Waals surface area contributed by atoms with Gasteiger partial charge in [0, 0.05) is 0 Å². The van der Waals surface area contributed by atoms with Gasteiger partial charge in [0.2, 0.25) is 0 Å². The molecular weight excluding hydrogens is 334 g/mol. The summed E-state index contributed by atoms with van der Waals surface area (Å²) in [5.74, 6) is -0.614. The molecule has 0 atom stereocenters. The van der Waals surface area contributed by atoms with Crippen LogP contribution in [-0.2, 0) is 14.8 Å². The fourth-order valence-corrected chi connectivity index (χ4v) is 3.39. The summed E-state index contributed by atoms with van der Waals surface area (Å²) in [4.78, 5) is 11.9. The van der Waals surface area contributed by atoms with Gasteiger partial charge in [0.25, 0.3) is 10.0 Å². The molecule has 1 aromatic heterocycles. The van der Waals surface area contributed by atoms with E-state index in [4.69, 9.17) is 4.74 Å². The maximum absolute atomic E-state index is 12.7. The minimum Gasteiger partial charge on any atom is -0.462 e. The molecule has 8 nitrogen and oxygen atoms in total. The highest BCUT2D eigenvalue weighted by Crippen LogP contribution is 2.24. The Balaban J connectivity index is 2.02. The molecular formula is C15H13N3O5S. The van der Waals surface area contributed by atoms with Crippen LogP contribution in [0.4, 0.5) is 5.69 Å². The second-order valence-electron chi connectivity index (χ2n) is 4.76. The number of hydrogen-bond acceptors (Lipinski definition) is 7. The molecule has 0 aliphatic rings. The van der Waals surface area contributed by atoms with Crippen molar-refractivity contribution in [2.75, 3.05) is 11.3 Å². The van der Waals surface area contributed by atoms with Crippen LogP contribution in [0.25, 0.3) is 11.0 Å². The molecule has 1 heterocycles. The number of fused-ring (bicyclic) bond motifs is 1. The number of aromatic nitrogens is 2. The number of ether oxygens (including phenoxy) is 1. The van der Waals surface area contributed by atoms with Crippen molar-refractivity contribution in [3.05, 3.63) is 48.0 Å². The molecule has 0 fully saturated rings. The van der Waals surface area contributed by atoms with Gasteiger partial charge in [-0.3, -0.25) is 4.72 Å². The SMILES string of the molecule is CCOC(=O)c1ccccc1NS(=O)(=O)c1cccc2nonc12. The summed E-state index contributed by atoms with van der Waals surface area (Å²) < 4.78 is 37.2. The van der Waals surface area contributed by atoms with Crippen LogP contribution in [-0.4, -0.2) is 31.3 Å². The quantitative estimate of drug-likeness (QED) is 0.704. The van der Waals surface area contributed by atoms with E-state index in [2.05, 4.69) is 19.7 Å². The molecule has 0 aliphatic carbocycles. The summed E-state index contributed by atoms with van der Waals surface area (Å²) in [6.45, 7) is 1.85. The van der Waals surface area contributed by atoms with Crippen molar-refractivity contribution in [1.82, 2.24) is 10.3 Å². The third-order valence-corrected chi connectivity index (χ3v) is 4.60. The van der Waals surface area contributed by atoms with Gasteiger partial charge in [-0.2, -0.15) is 0 Å². The number of carbonyl (C=O) groups excluding carboxylic acids is 1. The van der Waals surface area contributed by atoms with Crippen molar-refractivity contribution in [2.24, 2.45) is 0 Å². The van der Waals surface area contributed by atoms with E-state index in [9.17, 15) is 13.2 Å². The van der Waals surface area contributed by atoms with Gasteiger partial charge in [-0.1, -0.05) is 18.2 Å². The normalized spacial score (nSPS) is 11.4. The molecule has 0 saturated heterocycles. The van der Waals surface area contributed by atoms with Gasteiger partial charge in [-0.25, -0.2) is 17.8 Å². The monoisotopic (exact) mass is 347 g/mol. The molecule has 0 amide bonds. The van der Waals surface area contributed by atoms with Crippen molar-refractivity contribution >= 4 is 32.7 Å². The first-order valence-electron chi connectivity index (χ1n) is 7.03. The van der Waals surface area contributed by atoms with Crippen LogP contribution in [0.15, 0.2) is 52.0 Å². The predicted molar refractivity (Wildman–Crippen MR) is 85.0 cm³/mol. The third-order valence-electron chi connectivity index (χ3n) is 3.21. The van der Waals surface area contributed by atoms with Crippen LogP contribution in [0.5, 0.6) is 0 Å². The van der Waals surface area contributed by atoms with Gasteiger partial charge in [-0.05, 0) is 41.5 Å². The molecule has 0 unspecified atom stereocenters. The lowest BCUT2D eigenvalue weighted by Gasteiger charge is -2.11. The number of para-hydroxylation sites is 1. The zero-order valence-corrected chi connectivity index (χ0v) is 13.4. The van der Waals surface area contributed by atoms with E-state index in [0.29, 0.717) is 5.52 Å². The molecule has 0 spiro atoms. The van der Waals surface area contributed by atoms with Crippen molar-refractivity contribution in [1.29, 1.82) is 0 Å². The van der Waals surface area contributed by atoms with Gasteiger partial charge in [-0.15, -0.1) is 0 Å². The zero-order chi connectivity index (χ0) is 17.2. The highest BCUT2D eigenvalue weighted by atomic mass is 32.2. The molecule has 0 bridgehead atoms. The summed E-state index contributed by atoms with van der Waals surface area (Å²) in [6, 6.07) is 10.7. The Morgan fingerprint density at radius 2 is 1.96 bits per heavy atom. The highest BCUT2D eigenvalue weighted by Gasteiger charge is 2.23. The van der Waals surface area contributed by atoms with Crippen LogP contribution in [0.3, 0.4) is 0 Å². The fourth-order valence-electron chi connectivity index (χ4n) is 2.16. The van der Waals surface area contributed by atoms with E-state index in [1.54, 1.807) is 25.1 Å². The van der Waals surface area contributed by atoms with Gasteiger partial charge in [0.1, 0.15) is 10.4 Å². The fraction of sp³-hybridized carbons (Fsp3) is 0.133. The second kappa shape index (κ2) is 6.28. The molecule has 3 rings (SSSR count). The average Bonchev–Trinajstić information content (AvgIpc) is 3.03. The summed E-state index contributed by atoms with van der Waals surface area (Å²) in [7, 11) is -4.00. The number of carbonyl (C=O) groups is 1. The Hall–Kier alpha value is -2.94. The Bertz CT molecular complexity index is 997. The molecule has 0 radical (unpaired) electrons. The summed E-state index contributed by atoms with van der Waals surface area (Å²) in [6.07, 6.45) is 0. The van der Waals surface area contributed by atoms with E-state index in [-0.39, 0.29) is 28.3 Å². The van der Waals surface area contributed by atoms with Crippen LogP contribution < -0.4 is 4.72 Å². The van der Waals surface area contributed by atoms with Crippen LogP contribution in [0.1, 0.15) is 17.3 Å². The summed E-state index contributed by atoms with van der Waals surface area (Å²) in [5, 5.41) is 7.23. The average molecular weight is 347 g/mol. The smallest absolute Gasteiger partial charge is 0.340 e. The van der Waals surface area contributed by atoms with Crippen molar-refractivity contribution < 1.29 is 22.6 Å². The Morgan fingerprint density at radius 1 is 1.17 bits per heavy atom. The first kappa shape index (κ1) is 15.9. The van der Waals surface area contributed by atoms with E-state index in [1.165, 1.54) is 24.3 Å². The van der Waals surface area contributed by atoms with Crippen molar-refractivity contribution in [2.45, 2.75) is 11.8 Å². The van der Waals surface area contributed by atoms with Gasteiger partial charge in [0.15, 0.2) is 5.52 Å². The molecule has 0 saturated carbocycles. The Morgan fingerprint density at radius 3 is 2.75 bits per heavy atom. The van der Waals surface area contributed by atoms with E-state index >= 15 is 0 Å². The van der Waals surface area contributed by atoms with Gasteiger partial charge < -0.3 is 4.74 Å². The minimum absolute atomic E-state index is 0.0973. The minimum atomic E-state index is -4.00. The van der Waals surface area contributed by atoms with Gasteiger partial charge in [0.05, 0.1) is 17.9 Å². The maximum atomic E-state index is 12.7. The molecule has 0 aliphatic heterocycles. The first-order chi connectivity index (χ1) is 11.5. The second-order valence-corrected chi connectivity index (χ2v) is 6.41. The lowest BCUT2D eigenvalue weighted by molar-refractivity contribution is 0.0527. The lowest BCUT2D eigenvalue weighted by Crippen LogP contribution is -2.16. The zero-order valence-electron chi connectivity index (χ0n) is 12.6. The molecule has 2 aromatic carbocycles. The van der Waals surface area contributed by atoms with E-state index < -0.39 is 16.0 Å². The number of rotatable bonds is 5. The Kier molecular flexibility index (Phi) is 4.17. The molecule has 3 aromatic rings. The van der Waals surface area contributed by atoms with Crippen molar-refractivity contribution in [3.63, 3.8) is 0 Å². The van der Waals surface area contributed by atoms with Crippen LogP contribution >= 0.6 is 0 Å². The standard InChI is InChI=1S/C15H13N3O5S/c1-2-22-15(19)10-6-3-4-7-11(10)18-24(20,21)13-9-5-8-12-14(13)17-23-16-12/h3-9,18H,2H2,1H3. The van der Waals surface area contributed by atoms with Gasteiger partial charge >= 0.3 is 5.97 Å². The van der Waals surface area contributed by atoms with Crippen LogP contribution in [0.2, 0.25) is 0 Å². The number of hydrogen-bond donors (Lipinski definition) is 1. The number of nitrogens with zero attached hydrogens (tertiary/aromatic N) is 2. The summed E-state index contributed by atoms with van der Waals surface area (Å²) in [5.41, 5.74) is 0.660. The predicted octanol–water partition coefficient (Wildman–Crippen LogP) is 2.20. The number of sulfonamides is 1. The third kappa shape index (κ3) is 2.93. The number of benzene rings is 2. The summed E-state index contributed by atoms with van der Waals surface area (Å²) >= 11 is 0. The molecule has 24 heavy (non-hydrogen) atoms. The number of anilines is 1. The maximum Gasteiger partial charge on any atom is 0.340 e. The van der Waals surface area contributed by atoms with E-state index in [1.807, 2.05) is 0 Å². The first-order valence-corrected chi connectivity index (χ1v) is 8.51. The lowest BCUT2D eigenvalue weighted by atomic mass is 10.2. The topological polar surface area (TPSA) is 111 Å². The number of nitrogens with one attached hydrogen (secondary N) is 1. The van der Waals surface area contributed by atoms with Crippen LogP contribution in [0, 0.1) is 0 Å². The largest absolute Gasteiger partial charge is 0.462 e. The van der Waals surface area contributed by atoms with E-state index in [0.717, 1.165) is 0 Å².